The highest BCUT2D eigenvalue weighted by atomic mass is 35.5. The number of sulfone groups is 1. The van der Waals surface area contributed by atoms with Gasteiger partial charge in [-0.25, -0.2) is 8.42 Å². The lowest BCUT2D eigenvalue weighted by molar-refractivity contribution is -0.121. The minimum Gasteiger partial charge on any atom is -0.355 e. The largest absolute Gasteiger partial charge is 0.355 e. The van der Waals surface area contributed by atoms with Crippen LogP contribution in [-0.4, -0.2) is 51.7 Å². The van der Waals surface area contributed by atoms with Gasteiger partial charge < -0.3 is 5.32 Å². The average molecular weight is 367 g/mol. The quantitative estimate of drug-likeness (QED) is 0.765. The van der Waals surface area contributed by atoms with E-state index in [1.807, 2.05) is 6.92 Å². The van der Waals surface area contributed by atoms with Crippen molar-refractivity contribution in [3.63, 3.8) is 0 Å². The molecular weight excluding hydrogens is 347 g/mol. The van der Waals surface area contributed by atoms with Crippen LogP contribution in [-0.2, 0) is 14.6 Å². The number of hydrogen-bond acceptors (Lipinski definition) is 4. The summed E-state index contributed by atoms with van der Waals surface area (Å²) < 4.78 is 24.6. The Hall–Kier alpha value is -0.820. The van der Waals surface area contributed by atoms with Crippen LogP contribution in [0.25, 0.3) is 0 Å². The summed E-state index contributed by atoms with van der Waals surface area (Å²) in [6.45, 7) is 2.96. The Labute approximate surface area is 141 Å². The van der Waals surface area contributed by atoms with Crippen molar-refractivity contribution in [3.8, 4) is 0 Å². The van der Waals surface area contributed by atoms with E-state index in [0.29, 0.717) is 11.6 Å². The summed E-state index contributed by atoms with van der Waals surface area (Å²) in [5, 5.41) is 3.20. The molecule has 8 heteroatoms. The minimum absolute atomic E-state index is 0.0190. The van der Waals surface area contributed by atoms with Crippen LogP contribution in [0.4, 0.5) is 0 Å². The molecule has 5 nitrogen and oxygen atoms in total. The summed E-state index contributed by atoms with van der Waals surface area (Å²) in [7, 11) is -1.86. The first-order chi connectivity index (χ1) is 10.3. The molecule has 22 heavy (non-hydrogen) atoms. The van der Waals surface area contributed by atoms with Gasteiger partial charge in [0.25, 0.3) is 0 Å². The number of nitrogens with zero attached hydrogens (tertiary/aromatic N) is 1. The normalized spacial score (nSPS) is 11.7. The third-order valence-corrected chi connectivity index (χ3v) is 5.36. The number of rotatable bonds is 8. The fourth-order valence-corrected chi connectivity index (χ4v) is 3.90. The van der Waals surface area contributed by atoms with Crippen LogP contribution in [0.15, 0.2) is 23.1 Å². The fraction of sp³-hybridized carbons (Fsp3) is 0.500. The molecule has 0 aliphatic carbocycles. The van der Waals surface area contributed by atoms with Gasteiger partial charge in [-0.2, -0.15) is 0 Å². The van der Waals surface area contributed by atoms with Crippen molar-refractivity contribution in [2.75, 3.05) is 32.4 Å². The number of amides is 1. The molecule has 1 rings (SSSR count). The minimum atomic E-state index is -3.55. The third-order valence-electron chi connectivity index (χ3n) is 2.96. The molecule has 0 spiro atoms. The van der Waals surface area contributed by atoms with Gasteiger partial charge in [-0.1, -0.05) is 30.1 Å². The number of halogens is 2. The van der Waals surface area contributed by atoms with Gasteiger partial charge in [0.15, 0.2) is 9.84 Å². The van der Waals surface area contributed by atoms with E-state index >= 15 is 0 Å². The smallest absolute Gasteiger partial charge is 0.234 e. The highest BCUT2D eigenvalue weighted by molar-refractivity contribution is 7.91. The molecule has 0 atom stereocenters. The molecule has 0 saturated heterocycles. The van der Waals surface area contributed by atoms with Crippen molar-refractivity contribution in [1.82, 2.24) is 10.2 Å². The van der Waals surface area contributed by atoms with Crippen LogP contribution in [0.3, 0.4) is 0 Å². The van der Waals surface area contributed by atoms with E-state index in [0.717, 1.165) is 6.42 Å². The van der Waals surface area contributed by atoms with Crippen molar-refractivity contribution in [2.45, 2.75) is 18.2 Å². The molecule has 0 fully saturated rings. The van der Waals surface area contributed by atoms with Crippen LogP contribution < -0.4 is 5.32 Å². The second-order valence-electron chi connectivity index (χ2n) is 4.98. The number of nitrogens with one attached hydrogen (secondary N) is 1. The van der Waals surface area contributed by atoms with Gasteiger partial charge in [0.2, 0.25) is 5.91 Å². The van der Waals surface area contributed by atoms with E-state index in [-0.39, 0.29) is 34.7 Å². The topological polar surface area (TPSA) is 66.5 Å². The number of likely N-dealkylation sites (N-methyl/N-ethyl adjacent to an activating group) is 1. The molecule has 0 aliphatic rings. The highest BCUT2D eigenvalue weighted by Gasteiger charge is 2.19. The first kappa shape index (κ1) is 19.2. The van der Waals surface area contributed by atoms with Gasteiger partial charge in [-0.3, -0.25) is 9.69 Å². The van der Waals surface area contributed by atoms with Gasteiger partial charge >= 0.3 is 0 Å². The predicted molar refractivity (Wildman–Crippen MR) is 89.3 cm³/mol. The molecule has 0 aliphatic heterocycles. The maximum atomic E-state index is 12.3. The number of carbonyl (C=O) groups excluding carboxylic acids is 1. The second-order valence-corrected chi connectivity index (χ2v) is 7.90. The molecular formula is C14H20Cl2N2O3S. The predicted octanol–water partition coefficient (Wildman–Crippen LogP) is 2.23. The Kier molecular flexibility index (Phi) is 7.62. The van der Waals surface area contributed by atoms with E-state index in [1.54, 1.807) is 11.9 Å². The first-order valence-electron chi connectivity index (χ1n) is 6.89. The molecule has 124 valence electrons. The van der Waals surface area contributed by atoms with Crippen LogP contribution in [0.5, 0.6) is 0 Å². The number of carbonyl (C=O) groups is 1. The van der Waals surface area contributed by atoms with Crippen molar-refractivity contribution >= 4 is 38.9 Å². The molecule has 0 unspecified atom stereocenters. The number of benzene rings is 1. The summed E-state index contributed by atoms with van der Waals surface area (Å²) in [5.41, 5.74) is 0. The van der Waals surface area contributed by atoms with Crippen molar-refractivity contribution in [1.29, 1.82) is 0 Å². The molecule has 0 radical (unpaired) electrons. The lowest BCUT2D eigenvalue weighted by atomic mass is 10.4. The molecule has 0 saturated carbocycles. The van der Waals surface area contributed by atoms with Gasteiger partial charge in [0.05, 0.1) is 22.2 Å². The van der Waals surface area contributed by atoms with E-state index in [9.17, 15) is 13.2 Å². The Morgan fingerprint density at radius 3 is 2.64 bits per heavy atom. The Morgan fingerprint density at radius 1 is 1.32 bits per heavy atom. The number of hydrogen-bond donors (Lipinski definition) is 1. The second kappa shape index (κ2) is 8.72. The van der Waals surface area contributed by atoms with Crippen LogP contribution in [0.2, 0.25) is 10.0 Å². The average Bonchev–Trinajstić information content (AvgIpc) is 2.45. The Morgan fingerprint density at radius 2 is 2.00 bits per heavy atom. The van der Waals surface area contributed by atoms with Crippen LogP contribution in [0, 0.1) is 0 Å². The van der Waals surface area contributed by atoms with E-state index < -0.39 is 9.84 Å². The molecule has 0 bridgehead atoms. The van der Waals surface area contributed by atoms with E-state index in [1.165, 1.54) is 18.2 Å². The summed E-state index contributed by atoms with van der Waals surface area (Å²) in [4.78, 5) is 13.2. The molecule has 1 amide bonds. The monoisotopic (exact) mass is 366 g/mol. The van der Waals surface area contributed by atoms with Gasteiger partial charge in [0, 0.05) is 18.1 Å². The summed E-state index contributed by atoms with van der Waals surface area (Å²) >= 11 is 11.7. The first-order valence-corrected chi connectivity index (χ1v) is 9.30. The van der Waals surface area contributed by atoms with Crippen molar-refractivity contribution < 1.29 is 13.2 Å². The Balaban J connectivity index is 2.62. The van der Waals surface area contributed by atoms with E-state index in [2.05, 4.69) is 5.32 Å². The fourth-order valence-electron chi connectivity index (χ4n) is 1.75. The maximum Gasteiger partial charge on any atom is 0.234 e. The molecule has 1 aromatic rings. The molecule has 1 aromatic carbocycles. The lowest BCUT2D eigenvalue weighted by Crippen LogP contribution is -2.37. The Bertz CT molecular complexity index is 621. The maximum absolute atomic E-state index is 12.3. The van der Waals surface area contributed by atoms with Crippen LogP contribution >= 0.6 is 23.2 Å². The van der Waals surface area contributed by atoms with Crippen molar-refractivity contribution in [2.24, 2.45) is 0 Å². The zero-order valence-corrected chi connectivity index (χ0v) is 14.9. The van der Waals surface area contributed by atoms with Gasteiger partial charge in [0.1, 0.15) is 0 Å². The molecule has 1 N–H and O–H groups in total. The van der Waals surface area contributed by atoms with Gasteiger partial charge in [-0.15, -0.1) is 0 Å². The van der Waals surface area contributed by atoms with Crippen LogP contribution in [0.1, 0.15) is 13.3 Å². The SMILES string of the molecule is CCCNC(=O)CN(C)CCS(=O)(=O)c1cc(Cl)ccc1Cl. The van der Waals surface area contributed by atoms with Gasteiger partial charge in [-0.05, 0) is 31.7 Å². The zero-order chi connectivity index (χ0) is 16.8. The standard InChI is InChI=1S/C14H20Cl2N2O3S/c1-3-6-17-14(19)10-18(2)7-8-22(20,21)13-9-11(15)4-5-12(13)16/h4-5,9H,3,6-8,10H2,1-2H3,(H,17,19). The zero-order valence-electron chi connectivity index (χ0n) is 12.6. The molecule has 0 aromatic heterocycles. The third kappa shape index (κ3) is 6.12. The summed E-state index contributed by atoms with van der Waals surface area (Å²) in [6, 6.07) is 4.33. The molecule has 0 heterocycles. The van der Waals surface area contributed by atoms with E-state index in [4.69, 9.17) is 23.2 Å². The highest BCUT2D eigenvalue weighted by Crippen LogP contribution is 2.25. The van der Waals surface area contributed by atoms with Crippen molar-refractivity contribution in [3.05, 3.63) is 28.2 Å². The summed E-state index contributed by atoms with van der Waals surface area (Å²) in [5.74, 6) is -0.257. The summed E-state index contributed by atoms with van der Waals surface area (Å²) in [6.07, 6.45) is 0.858. The lowest BCUT2D eigenvalue weighted by Gasteiger charge is -2.16.